The van der Waals surface area contributed by atoms with E-state index in [1.807, 2.05) is 0 Å². The van der Waals surface area contributed by atoms with Gasteiger partial charge in [-0.3, -0.25) is 4.79 Å². The van der Waals surface area contributed by atoms with Gasteiger partial charge < -0.3 is 14.8 Å². The van der Waals surface area contributed by atoms with E-state index in [2.05, 4.69) is 10.3 Å². The molecule has 0 saturated carbocycles. The second kappa shape index (κ2) is 7.31. The van der Waals surface area contributed by atoms with E-state index in [4.69, 9.17) is 16.0 Å². The van der Waals surface area contributed by atoms with Crippen LogP contribution in [0.3, 0.4) is 0 Å². The number of carboxylic acids is 1. The third kappa shape index (κ3) is 3.59. The molecule has 2 aromatic carbocycles. The maximum atomic E-state index is 14.0. The molecule has 6 nitrogen and oxygen atoms in total. The van der Waals surface area contributed by atoms with E-state index in [-0.39, 0.29) is 28.2 Å². The van der Waals surface area contributed by atoms with Crippen molar-refractivity contribution in [2.75, 3.05) is 5.32 Å². The van der Waals surface area contributed by atoms with Crippen LogP contribution in [-0.4, -0.2) is 22.0 Å². The van der Waals surface area contributed by atoms with Gasteiger partial charge in [-0.25, -0.2) is 14.2 Å². The van der Waals surface area contributed by atoms with Gasteiger partial charge in [0.25, 0.3) is 5.89 Å². The molecular formula is C20H12ClFN2O4S. The number of hydrogen-bond acceptors (Lipinski definition) is 5. The van der Waals surface area contributed by atoms with Gasteiger partial charge in [0.05, 0.1) is 10.6 Å². The van der Waals surface area contributed by atoms with Crippen LogP contribution in [0.1, 0.15) is 26.6 Å². The molecule has 1 amide bonds. The SMILES string of the molecule is Cc1cc(F)c2nc(C(=O)Nc3csc(-c4ccc(Cl)cc4)c3C(=O)O)oc2c1. The number of halogens is 2. The quantitative estimate of drug-likeness (QED) is 0.439. The number of nitrogens with one attached hydrogen (secondary N) is 1. The first-order valence-corrected chi connectivity index (χ1v) is 9.58. The van der Waals surface area contributed by atoms with E-state index < -0.39 is 17.7 Å². The van der Waals surface area contributed by atoms with E-state index in [0.29, 0.717) is 21.0 Å². The van der Waals surface area contributed by atoms with Gasteiger partial charge in [-0.05, 0) is 42.3 Å². The molecule has 2 N–H and O–H groups in total. The molecule has 0 bridgehead atoms. The molecule has 0 aliphatic heterocycles. The first-order valence-electron chi connectivity index (χ1n) is 8.32. The van der Waals surface area contributed by atoms with Gasteiger partial charge in [-0.2, -0.15) is 0 Å². The van der Waals surface area contributed by atoms with Crippen molar-refractivity contribution in [3.8, 4) is 10.4 Å². The van der Waals surface area contributed by atoms with Crippen LogP contribution in [0.15, 0.2) is 46.2 Å². The number of aromatic carboxylic acids is 1. The summed E-state index contributed by atoms with van der Waals surface area (Å²) in [4.78, 5) is 28.7. The Morgan fingerprint density at radius 1 is 1.24 bits per heavy atom. The average Bonchev–Trinajstić information content (AvgIpc) is 3.27. The predicted molar refractivity (Wildman–Crippen MR) is 108 cm³/mol. The minimum absolute atomic E-state index is 0.0635. The number of aryl methyl sites for hydroxylation is 1. The number of carbonyl (C=O) groups is 2. The molecule has 0 aliphatic rings. The summed E-state index contributed by atoms with van der Waals surface area (Å²) in [5.74, 6) is -2.94. The number of anilines is 1. The van der Waals surface area contributed by atoms with E-state index >= 15 is 0 Å². The second-order valence-electron chi connectivity index (χ2n) is 6.23. The van der Waals surface area contributed by atoms with Crippen molar-refractivity contribution in [3.63, 3.8) is 0 Å². The van der Waals surface area contributed by atoms with E-state index in [1.54, 1.807) is 37.3 Å². The van der Waals surface area contributed by atoms with Gasteiger partial charge in [0.15, 0.2) is 11.4 Å². The van der Waals surface area contributed by atoms with E-state index in [9.17, 15) is 19.1 Å². The van der Waals surface area contributed by atoms with Crippen molar-refractivity contribution < 1.29 is 23.5 Å². The van der Waals surface area contributed by atoms with Crippen LogP contribution < -0.4 is 5.32 Å². The number of thiophene rings is 1. The first-order chi connectivity index (χ1) is 13.8. The molecule has 0 atom stereocenters. The van der Waals surface area contributed by atoms with Gasteiger partial charge in [-0.1, -0.05) is 23.7 Å². The molecule has 0 saturated heterocycles. The van der Waals surface area contributed by atoms with Crippen molar-refractivity contribution >= 4 is 51.6 Å². The third-order valence-corrected chi connectivity index (χ3v) is 5.43. The highest BCUT2D eigenvalue weighted by Crippen LogP contribution is 2.36. The summed E-state index contributed by atoms with van der Waals surface area (Å²) in [5, 5.41) is 14.2. The lowest BCUT2D eigenvalue weighted by Gasteiger charge is -2.04. The third-order valence-electron chi connectivity index (χ3n) is 4.15. The van der Waals surface area contributed by atoms with Crippen LogP contribution in [0, 0.1) is 12.7 Å². The number of benzene rings is 2. The number of amides is 1. The number of nitrogens with zero attached hydrogens (tertiary/aromatic N) is 1. The molecule has 0 aliphatic carbocycles. The van der Waals surface area contributed by atoms with E-state index in [1.165, 1.54) is 11.4 Å². The van der Waals surface area contributed by atoms with Crippen LogP contribution in [0.2, 0.25) is 5.02 Å². The second-order valence-corrected chi connectivity index (χ2v) is 7.55. The largest absolute Gasteiger partial charge is 0.478 e. The Hall–Kier alpha value is -3.23. The molecule has 2 heterocycles. The molecule has 0 spiro atoms. The number of fused-ring (bicyclic) bond motifs is 1. The molecule has 0 fully saturated rings. The Bertz CT molecular complexity index is 1260. The normalized spacial score (nSPS) is 11.0. The van der Waals surface area contributed by atoms with Crippen molar-refractivity contribution in [2.24, 2.45) is 0 Å². The summed E-state index contributed by atoms with van der Waals surface area (Å²) in [6.07, 6.45) is 0. The number of carbonyl (C=O) groups excluding carboxylic acids is 1. The standard InChI is InChI=1S/C20H12ClFN2O4S/c1-9-6-12(22)16-14(7-9)28-19(24-16)18(25)23-13-8-29-17(15(13)20(26)27)10-2-4-11(21)5-3-10/h2-8H,1H3,(H,23,25)(H,26,27). The van der Waals surface area contributed by atoms with Crippen molar-refractivity contribution in [3.05, 3.63) is 69.6 Å². The molecule has 0 radical (unpaired) electrons. The monoisotopic (exact) mass is 430 g/mol. The fourth-order valence-corrected chi connectivity index (χ4v) is 3.99. The van der Waals surface area contributed by atoms with Gasteiger partial charge in [-0.15, -0.1) is 11.3 Å². The average molecular weight is 431 g/mol. The van der Waals surface area contributed by atoms with Gasteiger partial charge in [0, 0.05) is 10.4 Å². The van der Waals surface area contributed by atoms with Crippen LogP contribution in [-0.2, 0) is 0 Å². The van der Waals surface area contributed by atoms with Gasteiger partial charge in [0.2, 0.25) is 0 Å². The van der Waals surface area contributed by atoms with Crippen LogP contribution in [0.5, 0.6) is 0 Å². The highest BCUT2D eigenvalue weighted by molar-refractivity contribution is 7.14. The molecule has 0 unspecified atom stereocenters. The summed E-state index contributed by atoms with van der Waals surface area (Å²) >= 11 is 7.04. The number of oxazole rings is 1. The highest BCUT2D eigenvalue weighted by Gasteiger charge is 2.24. The summed E-state index contributed by atoms with van der Waals surface area (Å²) in [5.41, 5.74) is 1.37. The Labute approximate surface area is 172 Å². The van der Waals surface area contributed by atoms with Gasteiger partial charge >= 0.3 is 11.9 Å². The first kappa shape index (κ1) is 19.1. The Morgan fingerprint density at radius 2 is 1.97 bits per heavy atom. The number of aromatic nitrogens is 1. The number of carboxylic acid groups (broad SMARTS) is 1. The molecular weight excluding hydrogens is 419 g/mol. The fraction of sp³-hybridized carbons (Fsp3) is 0.0500. The molecule has 2 aromatic heterocycles. The van der Waals surface area contributed by atoms with Crippen LogP contribution in [0.4, 0.5) is 10.1 Å². The van der Waals surface area contributed by atoms with Crippen molar-refractivity contribution in [1.82, 2.24) is 4.98 Å². The topological polar surface area (TPSA) is 92.4 Å². The lowest BCUT2D eigenvalue weighted by atomic mass is 10.1. The van der Waals surface area contributed by atoms with Gasteiger partial charge in [0.1, 0.15) is 11.1 Å². The maximum Gasteiger partial charge on any atom is 0.339 e. The van der Waals surface area contributed by atoms with Crippen LogP contribution in [0.25, 0.3) is 21.5 Å². The van der Waals surface area contributed by atoms with E-state index in [0.717, 1.165) is 11.3 Å². The van der Waals surface area contributed by atoms with Crippen molar-refractivity contribution in [2.45, 2.75) is 6.92 Å². The zero-order valence-electron chi connectivity index (χ0n) is 14.8. The minimum atomic E-state index is -1.20. The molecule has 4 aromatic rings. The number of hydrogen-bond donors (Lipinski definition) is 2. The molecule has 146 valence electrons. The predicted octanol–water partition coefficient (Wildman–Crippen LogP) is 5.61. The summed E-state index contributed by atoms with van der Waals surface area (Å²) in [6.45, 7) is 1.69. The molecule has 9 heteroatoms. The molecule has 29 heavy (non-hydrogen) atoms. The summed E-state index contributed by atoms with van der Waals surface area (Å²) in [6, 6.07) is 9.53. The van der Waals surface area contributed by atoms with Crippen molar-refractivity contribution in [1.29, 1.82) is 0 Å². The minimum Gasteiger partial charge on any atom is -0.478 e. The Kier molecular flexibility index (Phi) is 4.81. The lowest BCUT2D eigenvalue weighted by Crippen LogP contribution is -2.14. The number of rotatable bonds is 4. The Balaban J connectivity index is 1.69. The fourth-order valence-electron chi connectivity index (χ4n) is 2.87. The summed E-state index contributed by atoms with van der Waals surface area (Å²) in [7, 11) is 0. The summed E-state index contributed by atoms with van der Waals surface area (Å²) < 4.78 is 19.3. The maximum absolute atomic E-state index is 14.0. The van der Waals surface area contributed by atoms with Crippen LogP contribution >= 0.6 is 22.9 Å². The molecule has 4 rings (SSSR count). The lowest BCUT2D eigenvalue weighted by molar-refractivity contribution is 0.0699. The zero-order valence-corrected chi connectivity index (χ0v) is 16.4. The zero-order chi connectivity index (χ0) is 20.7. The Morgan fingerprint density at radius 3 is 2.66 bits per heavy atom. The smallest absolute Gasteiger partial charge is 0.339 e. The highest BCUT2D eigenvalue weighted by atomic mass is 35.5.